The predicted molar refractivity (Wildman–Crippen MR) is 114 cm³/mol. The third-order valence-electron chi connectivity index (χ3n) is 6.03. The Morgan fingerprint density at radius 1 is 1.24 bits per heavy atom. The zero-order valence-electron chi connectivity index (χ0n) is 18.5. The van der Waals surface area contributed by atoms with Gasteiger partial charge in [-0.1, -0.05) is 19.9 Å². The SMILES string of the molecule is CC(C)COCCN1CCN([C@]2(C(=O)c3ccccn3)CCOC(C)(C)C2)CC1. The van der Waals surface area contributed by atoms with Crippen LogP contribution in [-0.2, 0) is 9.47 Å². The first-order valence-electron chi connectivity index (χ1n) is 11.0. The molecule has 6 heteroatoms. The molecule has 2 saturated heterocycles. The molecule has 0 unspecified atom stereocenters. The summed E-state index contributed by atoms with van der Waals surface area (Å²) in [6, 6.07) is 5.60. The van der Waals surface area contributed by atoms with E-state index in [-0.39, 0.29) is 11.4 Å². The van der Waals surface area contributed by atoms with Gasteiger partial charge in [-0.25, -0.2) is 0 Å². The lowest BCUT2D eigenvalue weighted by atomic mass is 9.75. The van der Waals surface area contributed by atoms with Crippen molar-refractivity contribution in [2.24, 2.45) is 5.92 Å². The van der Waals surface area contributed by atoms with E-state index in [1.807, 2.05) is 18.2 Å². The molecule has 0 spiro atoms. The lowest BCUT2D eigenvalue weighted by molar-refractivity contribution is -0.113. The van der Waals surface area contributed by atoms with E-state index in [2.05, 4.69) is 42.5 Å². The smallest absolute Gasteiger partial charge is 0.201 e. The molecule has 162 valence electrons. The molecule has 2 aliphatic heterocycles. The highest BCUT2D eigenvalue weighted by Gasteiger charge is 2.51. The maximum absolute atomic E-state index is 13.7. The fourth-order valence-corrected chi connectivity index (χ4v) is 4.59. The zero-order chi connectivity index (χ0) is 20.9. The number of carbonyl (C=O) groups is 1. The minimum Gasteiger partial charge on any atom is -0.380 e. The molecule has 2 aliphatic rings. The summed E-state index contributed by atoms with van der Waals surface area (Å²) in [7, 11) is 0. The van der Waals surface area contributed by atoms with Crippen LogP contribution in [0.1, 0.15) is 51.0 Å². The van der Waals surface area contributed by atoms with E-state index in [0.717, 1.165) is 52.4 Å². The second-order valence-electron chi connectivity index (χ2n) is 9.41. The Hall–Kier alpha value is -1.34. The maximum atomic E-state index is 13.7. The first-order valence-corrected chi connectivity index (χ1v) is 11.0. The van der Waals surface area contributed by atoms with E-state index in [9.17, 15) is 4.79 Å². The standard InChI is InChI=1S/C23H37N3O3/c1-19(2)17-28-16-14-25-10-12-26(13-11-25)23(8-15-29-22(3,4)18-23)21(27)20-7-5-6-9-24-20/h5-7,9,19H,8,10-18H2,1-4H3/t23-/m1/s1. The van der Waals surface area contributed by atoms with Crippen LogP contribution in [0.3, 0.4) is 0 Å². The second-order valence-corrected chi connectivity index (χ2v) is 9.41. The largest absolute Gasteiger partial charge is 0.380 e. The second kappa shape index (κ2) is 9.65. The van der Waals surface area contributed by atoms with Crippen LogP contribution < -0.4 is 0 Å². The normalized spacial score (nSPS) is 26.0. The molecule has 2 fully saturated rings. The van der Waals surface area contributed by atoms with E-state index < -0.39 is 5.54 Å². The van der Waals surface area contributed by atoms with Crippen LogP contribution in [0.5, 0.6) is 0 Å². The van der Waals surface area contributed by atoms with E-state index in [0.29, 0.717) is 24.6 Å². The van der Waals surface area contributed by atoms with Gasteiger partial charge in [-0.2, -0.15) is 0 Å². The van der Waals surface area contributed by atoms with Crippen LogP contribution in [0.2, 0.25) is 0 Å². The van der Waals surface area contributed by atoms with Crippen LogP contribution in [0.4, 0.5) is 0 Å². The number of ether oxygens (including phenoxy) is 2. The first kappa shape index (κ1) is 22.3. The number of Topliss-reactive ketones (excluding diaryl/α,β-unsaturated/α-hetero) is 1. The number of piperazine rings is 1. The van der Waals surface area contributed by atoms with Crippen molar-refractivity contribution in [3.05, 3.63) is 30.1 Å². The highest BCUT2D eigenvalue weighted by atomic mass is 16.5. The molecule has 0 saturated carbocycles. The molecular formula is C23H37N3O3. The van der Waals surface area contributed by atoms with Gasteiger partial charge in [0, 0.05) is 58.6 Å². The third kappa shape index (κ3) is 5.63. The number of hydrogen-bond donors (Lipinski definition) is 0. The number of rotatable bonds is 8. The van der Waals surface area contributed by atoms with Crippen molar-refractivity contribution in [3.63, 3.8) is 0 Å². The Morgan fingerprint density at radius 3 is 2.62 bits per heavy atom. The molecule has 0 N–H and O–H groups in total. The van der Waals surface area contributed by atoms with Gasteiger partial charge in [-0.05, 0) is 38.3 Å². The summed E-state index contributed by atoms with van der Waals surface area (Å²) >= 11 is 0. The van der Waals surface area contributed by atoms with Crippen molar-refractivity contribution in [2.45, 2.75) is 51.7 Å². The number of aromatic nitrogens is 1. The Labute approximate surface area is 175 Å². The lowest BCUT2D eigenvalue weighted by Crippen LogP contribution is -2.65. The summed E-state index contributed by atoms with van der Waals surface area (Å²) in [5.74, 6) is 0.712. The average molecular weight is 404 g/mol. The minimum atomic E-state index is -0.531. The van der Waals surface area contributed by atoms with Gasteiger partial charge in [0.1, 0.15) is 5.69 Å². The fraction of sp³-hybridized carbons (Fsp3) is 0.739. The first-order chi connectivity index (χ1) is 13.8. The van der Waals surface area contributed by atoms with Gasteiger partial charge in [0.2, 0.25) is 5.78 Å². The molecule has 1 aromatic heterocycles. The monoisotopic (exact) mass is 403 g/mol. The lowest BCUT2D eigenvalue weighted by Gasteiger charge is -2.52. The van der Waals surface area contributed by atoms with Crippen LogP contribution in [0.25, 0.3) is 0 Å². The molecule has 1 aromatic rings. The molecule has 3 rings (SSSR count). The van der Waals surface area contributed by atoms with Crippen molar-refractivity contribution in [1.82, 2.24) is 14.8 Å². The minimum absolute atomic E-state index is 0.142. The number of nitrogens with zero attached hydrogens (tertiary/aromatic N) is 3. The van der Waals surface area contributed by atoms with Gasteiger partial charge in [0.05, 0.1) is 17.7 Å². The number of hydrogen-bond acceptors (Lipinski definition) is 6. The average Bonchev–Trinajstić information content (AvgIpc) is 2.71. The van der Waals surface area contributed by atoms with Gasteiger partial charge in [-0.15, -0.1) is 0 Å². The summed E-state index contributed by atoms with van der Waals surface area (Å²) in [6.07, 6.45) is 3.14. The molecule has 29 heavy (non-hydrogen) atoms. The summed E-state index contributed by atoms with van der Waals surface area (Å²) < 4.78 is 11.7. The molecule has 0 amide bonds. The summed E-state index contributed by atoms with van der Waals surface area (Å²) in [5.41, 5.74) is -0.282. The van der Waals surface area contributed by atoms with Gasteiger partial charge in [0.25, 0.3) is 0 Å². The van der Waals surface area contributed by atoms with Crippen molar-refractivity contribution in [2.75, 3.05) is 52.5 Å². The fourth-order valence-electron chi connectivity index (χ4n) is 4.59. The molecule has 0 radical (unpaired) electrons. The molecule has 6 nitrogen and oxygen atoms in total. The van der Waals surface area contributed by atoms with Crippen molar-refractivity contribution in [3.8, 4) is 0 Å². The van der Waals surface area contributed by atoms with Gasteiger partial charge in [-0.3, -0.25) is 19.6 Å². The Kier molecular flexibility index (Phi) is 7.43. The quantitative estimate of drug-likeness (QED) is 0.491. The van der Waals surface area contributed by atoms with E-state index in [1.54, 1.807) is 6.20 Å². The Morgan fingerprint density at radius 2 is 2.00 bits per heavy atom. The zero-order valence-corrected chi connectivity index (χ0v) is 18.5. The van der Waals surface area contributed by atoms with E-state index in [4.69, 9.17) is 9.47 Å². The molecule has 0 bridgehead atoms. The molecule has 0 aliphatic carbocycles. The van der Waals surface area contributed by atoms with Gasteiger partial charge < -0.3 is 9.47 Å². The highest BCUT2D eigenvalue weighted by Crippen LogP contribution is 2.39. The van der Waals surface area contributed by atoms with Crippen molar-refractivity contribution < 1.29 is 14.3 Å². The number of pyridine rings is 1. The third-order valence-corrected chi connectivity index (χ3v) is 6.03. The molecular weight excluding hydrogens is 366 g/mol. The summed E-state index contributed by atoms with van der Waals surface area (Å²) in [6.45, 7) is 15.4. The van der Waals surface area contributed by atoms with Crippen molar-refractivity contribution in [1.29, 1.82) is 0 Å². The maximum Gasteiger partial charge on any atom is 0.201 e. The van der Waals surface area contributed by atoms with Gasteiger partial charge >= 0.3 is 0 Å². The topological polar surface area (TPSA) is 54.9 Å². The highest BCUT2D eigenvalue weighted by molar-refractivity contribution is 6.02. The number of carbonyl (C=O) groups excluding carboxylic acids is 1. The number of ketones is 1. The Bertz CT molecular complexity index is 657. The predicted octanol–water partition coefficient (Wildman–Crippen LogP) is 2.88. The van der Waals surface area contributed by atoms with Crippen molar-refractivity contribution >= 4 is 5.78 Å². The van der Waals surface area contributed by atoms with Crippen LogP contribution in [0, 0.1) is 5.92 Å². The van der Waals surface area contributed by atoms with E-state index >= 15 is 0 Å². The van der Waals surface area contributed by atoms with Crippen LogP contribution in [-0.4, -0.2) is 84.3 Å². The van der Waals surface area contributed by atoms with Crippen LogP contribution >= 0.6 is 0 Å². The van der Waals surface area contributed by atoms with Crippen LogP contribution in [0.15, 0.2) is 24.4 Å². The van der Waals surface area contributed by atoms with E-state index in [1.165, 1.54) is 0 Å². The van der Waals surface area contributed by atoms with Gasteiger partial charge in [0.15, 0.2) is 0 Å². The summed E-state index contributed by atoms with van der Waals surface area (Å²) in [5, 5.41) is 0. The molecule has 1 atom stereocenters. The molecule has 0 aromatic carbocycles. The molecule has 3 heterocycles. The summed E-state index contributed by atoms with van der Waals surface area (Å²) in [4.78, 5) is 22.9. The Balaban J connectivity index is 1.68.